The first-order valence-corrected chi connectivity index (χ1v) is 10.0. The van der Waals surface area contributed by atoms with Crippen LogP contribution in [0.4, 0.5) is 0 Å². The number of furan rings is 1. The van der Waals surface area contributed by atoms with Crippen molar-refractivity contribution in [3.8, 4) is 22.8 Å². The van der Waals surface area contributed by atoms with Gasteiger partial charge in [-0.25, -0.2) is 0 Å². The second kappa shape index (κ2) is 7.24. The average Bonchev–Trinajstić information content (AvgIpc) is 3.37. The van der Waals surface area contributed by atoms with Crippen LogP contribution in [-0.4, -0.2) is 33.1 Å². The number of hydrogen-bond donors (Lipinski definition) is 2. The fourth-order valence-electron chi connectivity index (χ4n) is 3.00. The molecule has 0 saturated carbocycles. The molecule has 10 heteroatoms. The maximum absolute atomic E-state index is 11.8. The van der Waals surface area contributed by atoms with Crippen molar-refractivity contribution in [3.05, 3.63) is 72.2 Å². The van der Waals surface area contributed by atoms with Gasteiger partial charge in [-0.1, -0.05) is 23.8 Å². The van der Waals surface area contributed by atoms with E-state index >= 15 is 0 Å². The van der Waals surface area contributed by atoms with Gasteiger partial charge in [-0.05, 0) is 41.1 Å². The van der Waals surface area contributed by atoms with Crippen molar-refractivity contribution in [1.29, 1.82) is 0 Å². The van der Waals surface area contributed by atoms with Gasteiger partial charge >= 0.3 is 5.82 Å². The van der Waals surface area contributed by atoms with Gasteiger partial charge in [-0.2, -0.15) is 8.42 Å². The summed E-state index contributed by atoms with van der Waals surface area (Å²) in [6.45, 7) is 1.68. The summed E-state index contributed by atoms with van der Waals surface area (Å²) in [6, 6.07) is 13.0. The molecule has 2 N–H and O–H groups in total. The predicted molar refractivity (Wildman–Crippen MR) is 101 cm³/mol. The second-order valence-corrected chi connectivity index (χ2v) is 7.74. The molecule has 29 heavy (non-hydrogen) atoms. The van der Waals surface area contributed by atoms with E-state index in [1.54, 1.807) is 18.2 Å². The van der Waals surface area contributed by atoms with E-state index < -0.39 is 10.1 Å². The van der Waals surface area contributed by atoms with Crippen LogP contribution in [0.25, 0.3) is 22.8 Å². The first-order chi connectivity index (χ1) is 13.9. The fourth-order valence-corrected chi connectivity index (χ4v) is 3.69. The van der Waals surface area contributed by atoms with E-state index in [0.29, 0.717) is 16.9 Å². The quantitative estimate of drug-likeness (QED) is 0.378. The summed E-state index contributed by atoms with van der Waals surface area (Å²) in [5, 5.41) is 18.7. The zero-order valence-corrected chi connectivity index (χ0v) is 16.1. The summed E-state index contributed by atoms with van der Waals surface area (Å²) in [4.78, 5) is 2.55. The summed E-state index contributed by atoms with van der Waals surface area (Å²) in [6.07, 6.45) is 2.92. The minimum absolute atomic E-state index is 0.0730. The molecule has 0 amide bonds. The number of hydrogen-bond acceptors (Lipinski definition) is 6. The third kappa shape index (κ3) is 3.56. The van der Waals surface area contributed by atoms with Crippen LogP contribution in [0.15, 0.2) is 70.4 Å². The molecular formula is C19H17N4O5S+. The van der Waals surface area contributed by atoms with E-state index in [-0.39, 0.29) is 22.9 Å². The second-order valence-electron chi connectivity index (χ2n) is 6.35. The van der Waals surface area contributed by atoms with Crippen LogP contribution in [0, 0.1) is 6.92 Å². The Morgan fingerprint density at radius 3 is 2.66 bits per heavy atom. The van der Waals surface area contributed by atoms with Gasteiger partial charge in [0.05, 0.1) is 23.5 Å². The number of benzene rings is 2. The molecule has 0 aliphatic heterocycles. The van der Waals surface area contributed by atoms with Gasteiger partial charge in [0.2, 0.25) is 0 Å². The largest absolute Gasteiger partial charge is 0.470 e. The first kappa shape index (κ1) is 19.0. The molecule has 0 radical (unpaired) electrons. The highest BCUT2D eigenvalue weighted by Gasteiger charge is 2.29. The van der Waals surface area contributed by atoms with Crippen LogP contribution in [-0.2, 0) is 16.7 Å². The third-order valence-electron chi connectivity index (χ3n) is 4.32. The molecule has 0 fully saturated rings. The maximum Gasteiger partial charge on any atom is 0.341 e. The minimum atomic E-state index is -4.48. The van der Waals surface area contributed by atoms with Crippen molar-refractivity contribution < 1.29 is 27.3 Å². The topological polar surface area (TPSA) is 122 Å². The van der Waals surface area contributed by atoms with Gasteiger partial charge in [-0.15, -0.1) is 0 Å². The van der Waals surface area contributed by atoms with Crippen molar-refractivity contribution in [2.24, 2.45) is 0 Å². The summed E-state index contributed by atoms with van der Waals surface area (Å²) < 4.78 is 38.3. The Morgan fingerprint density at radius 1 is 1.17 bits per heavy atom. The average molecular weight is 413 g/mol. The smallest absolute Gasteiger partial charge is 0.341 e. The van der Waals surface area contributed by atoms with Gasteiger partial charge in [0.25, 0.3) is 10.1 Å². The molecule has 2 heterocycles. The van der Waals surface area contributed by atoms with E-state index in [1.165, 1.54) is 40.3 Å². The lowest BCUT2D eigenvalue weighted by Gasteiger charge is -2.04. The molecule has 148 valence electrons. The van der Waals surface area contributed by atoms with Gasteiger partial charge in [0, 0.05) is 16.4 Å². The van der Waals surface area contributed by atoms with Gasteiger partial charge < -0.3 is 9.52 Å². The Kier molecular flexibility index (Phi) is 4.74. The molecule has 9 nitrogen and oxygen atoms in total. The molecule has 4 rings (SSSR count). The third-order valence-corrected chi connectivity index (χ3v) is 5.23. The minimum Gasteiger partial charge on any atom is -0.470 e. The zero-order valence-electron chi connectivity index (χ0n) is 15.3. The lowest BCUT2D eigenvalue weighted by atomic mass is 10.1. The Balaban J connectivity index is 1.99. The molecule has 2 aromatic heterocycles. The molecule has 4 aromatic rings. The molecule has 0 aliphatic rings. The summed E-state index contributed by atoms with van der Waals surface area (Å²) in [7, 11) is -4.48. The van der Waals surface area contributed by atoms with Gasteiger partial charge in [-0.3, -0.25) is 4.55 Å². The van der Waals surface area contributed by atoms with Crippen LogP contribution < -0.4 is 4.80 Å². The standard InChI is InChI=1S/C19H16N4O5S/c1-13-6-7-17(14(10-13)11-24)23-21-19(20-22(23)15-8-9-28-12-15)16-4-2-3-5-18(16)29(25,26)27/h2-10,12,24H,11H2,1H3/p+1. The Morgan fingerprint density at radius 2 is 1.97 bits per heavy atom. The fraction of sp³-hybridized carbons (Fsp3) is 0.105. The first-order valence-electron chi connectivity index (χ1n) is 8.58. The molecule has 0 bridgehead atoms. The van der Waals surface area contributed by atoms with Crippen LogP contribution in [0.3, 0.4) is 0 Å². The predicted octanol–water partition coefficient (Wildman–Crippen LogP) is 1.85. The number of aryl methyl sites for hydroxylation is 1. The van der Waals surface area contributed by atoms with E-state index in [1.807, 2.05) is 19.1 Å². The van der Waals surface area contributed by atoms with Gasteiger partial charge in [0.15, 0.2) is 11.4 Å². The SMILES string of the molecule is Cc1ccc(-[n+]2nc(-c3ccccc3S(=O)(=O)O)nn2-c2ccoc2)c(CO)c1. The number of tetrazole rings is 1. The monoisotopic (exact) mass is 413 g/mol. The number of rotatable bonds is 5. The van der Waals surface area contributed by atoms with E-state index in [0.717, 1.165) is 5.56 Å². The molecular weight excluding hydrogens is 396 g/mol. The van der Waals surface area contributed by atoms with E-state index in [4.69, 9.17) is 4.42 Å². The molecule has 2 aromatic carbocycles. The summed E-state index contributed by atoms with van der Waals surface area (Å²) >= 11 is 0. The summed E-state index contributed by atoms with van der Waals surface area (Å²) in [5.41, 5.74) is 2.81. The molecule has 0 saturated heterocycles. The van der Waals surface area contributed by atoms with Crippen LogP contribution >= 0.6 is 0 Å². The number of aromatic nitrogens is 4. The number of aliphatic hydroxyl groups is 1. The molecule has 0 spiro atoms. The van der Waals surface area contributed by atoms with Crippen LogP contribution in [0.1, 0.15) is 11.1 Å². The molecule has 0 unspecified atom stereocenters. The Labute approximate surface area is 166 Å². The lowest BCUT2D eigenvalue weighted by Crippen LogP contribution is -2.44. The van der Waals surface area contributed by atoms with Crippen LogP contribution in [0.2, 0.25) is 0 Å². The highest BCUT2D eigenvalue weighted by Crippen LogP contribution is 2.24. The van der Waals surface area contributed by atoms with Crippen molar-refractivity contribution in [2.45, 2.75) is 18.4 Å². The van der Waals surface area contributed by atoms with Gasteiger partial charge in [0.1, 0.15) is 11.2 Å². The highest BCUT2D eigenvalue weighted by atomic mass is 32.2. The van der Waals surface area contributed by atoms with Crippen molar-refractivity contribution in [1.82, 2.24) is 15.0 Å². The van der Waals surface area contributed by atoms with Crippen LogP contribution in [0.5, 0.6) is 0 Å². The van der Waals surface area contributed by atoms with E-state index in [9.17, 15) is 18.1 Å². The van der Waals surface area contributed by atoms with E-state index in [2.05, 4.69) is 10.2 Å². The van der Waals surface area contributed by atoms with Crippen molar-refractivity contribution in [3.63, 3.8) is 0 Å². The molecule has 0 aliphatic carbocycles. The van der Waals surface area contributed by atoms with Crippen molar-refractivity contribution >= 4 is 10.1 Å². The highest BCUT2D eigenvalue weighted by molar-refractivity contribution is 7.86. The Hall–Kier alpha value is -3.34. The Bertz CT molecular complexity index is 1280. The van der Waals surface area contributed by atoms with Crippen molar-refractivity contribution in [2.75, 3.05) is 0 Å². The lowest BCUT2D eigenvalue weighted by molar-refractivity contribution is -0.735. The number of nitrogens with zero attached hydrogens (tertiary/aromatic N) is 4. The summed E-state index contributed by atoms with van der Waals surface area (Å²) in [5.74, 6) is 0.0730. The molecule has 0 atom stereocenters. The number of aliphatic hydroxyl groups excluding tert-OH is 1. The normalized spacial score (nSPS) is 11.7. The maximum atomic E-state index is 11.8. The zero-order chi connectivity index (χ0) is 20.6.